The smallest absolute Gasteiger partial charge is 0.323 e. The average Bonchev–Trinajstić information content (AvgIpc) is 2.62. The standard InChI is InChI=1S/C10H17N3O2/c1-10(2,8(11)9(14)15-4)7-5-6-12-13(7)3/h5-6,8H,11H2,1-4H3. The number of nitrogens with zero attached hydrogens (tertiary/aromatic N) is 2. The Hall–Kier alpha value is -1.36. The van der Waals surface area contributed by atoms with Crippen molar-refractivity contribution in [1.29, 1.82) is 0 Å². The fourth-order valence-electron chi connectivity index (χ4n) is 1.59. The first-order valence-corrected chi connectivity index (χ1v) is 4.73. The molecule has 1 unspecified atom stereocenters. The molecule has 0 aromatic carbocycles. The molecule has 0 radical (unpaired) electrons. The van der Waals surface area contributed by atoms with Gasteiger partial charge < -0.3 is 10.5 Å². The van der Waals surface area contributed by atoms with Crippen LogP contribution < -0.4 is 5.73 Å². The molecule has 1 aromatic rings. The van der Waals surface area contributed by atoms with Gasteiger partial charge >= 0.3 is 5.97 Å². The molecule has 0 saturated heterocycles. The summed E-state index contributed by atoms with van der Waals surface area (Å²) in [6, 6.07) is 1.15. The second-order valence-electron chi connectivity index (χ2n) is 4.06. The maximum atomic E-state index is 11.4. The van der Waals surface area contributed by atoms with Gasteiger partial charge in [-0.05, 0) is 6.07 Å². The van der Waals surface area contributed by atoms with Crippen LogP contribution in [0, 0.1) is 0 Å². The Bertz CT molecular complexity index is 357. The van der Waals surface area contributed by atoms with Gasteiger partial charge in [0.15, 0.2) is 0 Å². The van der Waals surface area contributed by atoms with Crippen LogP contribution in [-0.2, 0) is 22.0 Å². The third-order valence-corrected chi connectivity index (χ3v) is 2.71. The van der Waals surface area contributed by atoms with Gasteiger partial charge in [-0.2, -0.15) is 5.10 Å². The molecule has 1 heterocycles. The highest BCUT2D eigenvalue weighted by molar-refractivity contribution is 5.77. The Morgan fingerprint density at radius 2 is 2.27 bits per heavy atom. The molecule has 1 aromatic heterocycles. The summed E-state index contributed by atoms with van der Waals surface area (Å²) < 4.78 is 6.35. The molecule has 84 valence electrons. The van der Waals surface area contributed by atoms with Crippen LogP contribution in [0.15, 0.2) is 12.3 Å². The lowest BCUT2D eigenvalue weighted by atomic mass is 9.81. The van der Waals surface area contributed by atoms with Crippen molar-refractivity contribution in [3.8, 4) is 0 Å². The Balaban J connectivity index is 3.02. The first kappa shape index (κ1) is 11.7. The number of carbonyl (C=O) groups excluding carboxylic acids is 1. The van der Waals surface area contributed by atoms with E-state index >= 15 is 0 Å². The van der Waals surface area contributed by atoms with E-state index in [0.29, 0.717) is 0 Å². The molecule has 1 atom stereocenters. The third kappa shape index (κ3) is 2.02. The number of carbonyl (C=O) groups is 1. The highest BCUT2D eigenvalue weighted by atomic mass is 16.5. The molecule has 0 aliphatic heterocycles. The van der Waals surface area contributed by atoms with E-state index in [4.69, 9.17) is 5.73 Å². The van der Waals surface area contributed by atoms with Crippen LogP contribution >= 0.6 is 0 Å². The molecule has 15 heavy (non-hydrogen) atoms. The Kier molecular flexibility index (Phi) is 3.14. The van der Waals surface area contributed by atoms with E-state index in [-0.39, 0.29) is 0 Å². The molecular weight excluding hydrogens is 194 g/mol. The minimum Gasteiger partial charge on any atom is -0.468 e. The lowest BCUT2D eigenvalue weighted by Crippen LogP contribution is -2.48. The number of hydrogen-bond acceptors (Lipinski definition) is 4. The highest BCUT2D eigenvalue weighted by Gasteiger charge is 2.36. The molecule has 0 bridgehead atoms. The number of aryl methyl sites for hydroxylation is 1. The number of ether oxygens (including phenoxy) is 1. The normalized spacial score (nSPS) is 13.7. The van der Waals surface area contributed by atoms with Crippen molar-refractivity contribution in [2.75, 3.05) is 7.11 Å². The van der Waals surface area contributed by atoms with Crippen molar-refractivity contribution in [3.05, 3.63) is 18.0 Å². The molecule has 5 nitrogen and oxygen atoms in total. The molecule has 2 N–H and O–H groups in total. The molecule has 0 spiro atoms. The molecule has 0 aliphatic carbocycles. The Labute approximate surface area is 89.2 Å². The van der Waals surface area contributed by atoms with E-state index < -0.39 is 17.4 Å². The predicted octanol–water partition coefficient (Wildman–Crippen LogP) is 0.198. The van der Waals surface area contributed by atoms with Crippen molar-refractivity contribution in [1.82, 2.24) is 9.78 Å². The molecular formula is C10H17N3O2. The first-order chi connectivity index (χ1) is 6.91. The molecule has 0 saturated carbocycles. The van der Waals surface area contributed by atoms with Crippen molar-refractivity contribution in [2.24, 2.45) is 12.8 Å². The van der Waals surface area contributed by atoms with E-state index in [0.717, 1.165) is 5.69 Å². The van der Waals surface area contributed by atoms with Gasteiger partial charge in [-0.25, -0.2) is 0 Å². The molecule has 1 rings (SSSR count). The predicted molar refractivity (Wildman–Crippen MR) is 56.2 cm³/mol. The number of methoxy groups -OCH3 is 1. The number of rotatable bonds is 3. The summed E-state index contributed by atoms with van der Waals surface area (Å²) in [6.45, 7) is 3.79. The van der Waals surface area contributed by atoms with E-state index in [2.05, 4.69) is 9.84 Å². The summed E-state index contributed by atoms with van der Waals surface area (Å²) in [7, 11) is 3.16. The molecule has 5 heteroatoms. The second kappa shape index (κ2) is 4.02. The number of nitrogens with two attached hydrogens (primary N) is 1. The zero-order valence-electron chi connectivity index (χ0n) is 9.52. The maximum Gasteiger partial charge on any atom is 0.323 e. The Morgan fingerprint density at radius 3 is 2.67 bits per heavy atom. The largest absolute Gasteiger partial charge is 0.468 e. The fraction of sp³-hybridized carbons (Fsp3) is 0.600. The van der Waals surface area contributed by atoms with Crippen LogP contribution in [0.3, 0.4) is 0 Å². The van der Waals surface area contributed by atoms with Crippen molar-refractivity contribution in [2.45, 2.75) is 25.3 Å². The number of aromatic nitrogens is 2. The maximum absolute atomic E-state index is 11.4. The monoisotopic (exact) mass is 211 g/mol. The summed E-state index contributed by atoms with van der Waals surface area (Å²) in [6.07, 6.45) is 1.68. The highest BCUT2D eigenvalue weighted by Crippen LogP contribution is 2.25. The van der Waals surface area contributed by atoms with Gasteiger partial charge in [0.1, 0.15) is 6.04 Å². The third-order valence-electron chi connectivity index (χ3n) is 2.71. The van der Waals surface area contributed by atoms with Gasteiger partial charge in [0, 0.05) is 24.4 Å². The zero-order valence-corrected chi connectivity index (χ0v) is 9.52. The van der Waals surface area contributed by atoms with Crippen LogP contribution in [-0.4, -0.2) is 28.9 Å². The van der Waals surface area contributed by atoms with Crippen LogP contribution in [0.5, 0.6) is 0 Å². The summed E-state index contributed by atoms with van der Waals surface area (Å²) in [5, 5.41) is 4.06. The van der Waals surface area contributed by atoms with Crippen LogP contribution in [0.1, 0.15) is 19.5 Å². The van der Waals surface area contributed by atoms with E-state index in [1.54, 1.807) is 10.9 Å². The van der Waals surface area contributed by atoms with Crippen molar-refractivity contribution >= 4 is 5.97 Å². The molecule has 0 fully saturated rings. The number of hydrogen-bond donors (Lipinski definition) is 1. The number of esters is 1. The summed E-state index contributed by atoms with van der Waals surface area (Å²) in [4.78, 5) is 11.4. The molecule has 0 aliphatic rings. The average molecular weight is 211 g/mol. The van der Waals surface area contributed by atoms with Gasteiger partial charge in [-0.15, -0.1) is 0 Å². The van der Waals surface area contributed by atoms with Crippen molar-refractivity contribution < 1.29 is 9.53 Å². The van der Waals surface area contributed by atoms with Gasteiger partial charge in [-0.3, -0.25) is 9.48 Å². The van der Waals surface area contributed by atoms with Gasteiger partial charge in [0.05, 0.1) is 7.11 Å². The minimum absolute atomic E-state index is 0.416. The van der Waals surface area contributed by atoms with Crippen molar-refractivity contribution in [3.63, 3.8) is 0 Å². The van der Waals surface area contributed by atoms with Crippen LogP contribution in [0.2, 0.25) is 0 Å². The first-order valence-electron chi connectivity index (χ1n) is 4.73. The lowest BCUT2D eigenvalue weighted by Gasteiger charge is -2.29. The van der Waals surface area contributed by atoms with Crippen LogP contribution in [0.4, 0.5) is 0 Å². The van der Waals surface area contributed by atoms with Gasteiger partial charge in [0.2, 0.25) is 0 Å². The fourth-order valence-corrected chi connectivity index (χ4v) is 1.59. The zero-order chi connectivity index (χ0) is 11.6. The minimum atomic E-state index is -0.696. The van der Waals surface area contributed by atoms with Gasteiger partial charge in [0.25, 0.3) is 0 Å². The summed E-state index contributed by atoms with van der Waals surface area (Å²) >= 11 is 0. The summed E-state index contributed by atoms with van der Waals surface area (Å²) in [5.74, 6) is -0.416. The summed E-state index contributed by atoms with van der Waals surface area (Å²) in [5.41, 5.74) is 6.25. The Morgan fingerprint density at radius 1 is 1.67 bits per heavy atom. The lowest BCUT2D eigenvalue weighted by molar-refractivity contribution is -0.143. The quantitative estimate of drug-likeness (QED) is 0.725. The van der Waals surface area contributed by atoms with E-state index in [9.17, 15) is 4.79 Å². The molecule has 0 amide bonds. The van der Waals surface area contributed by atoms with Crippen LogP contribution in [0.25, 0.3) is 0 Å². The van der Waals surface area contributed by atoms with E-state index in [1.807, 2.05) is 27.0 Å². The van der Waals surface area contributed by atoms with Gasteiger partial charge in [-0.1, -0.05) is 13.8 Å². The second-order valence-corrected chi connectivity index (χ2v) is 4.06. The van der Waals surface area contributed by atoms with E-state index in [1.165, 1.54) is 7.11 Å². The topological polar surface area (TPSA) is 70.1 Å². The SMILES string of the molecule is COC(=O)C(N)C(C)(C)c1ccnn1C.